The molecule has 1 aromatic carbocycles. The number of nitriles is 1. The van der Waals surface area contributed by atoms with Crippen LogP contribution >= 0.6 is 0 Å². The van der Waals surface area contributed by atoms with Crippen LogP contribution in [-0.2, 0) is 14.3 Å². The Morgan fingerprint density at radius 2 is 2.16 bits per heavy atom. The fraction of sp³-hybridized carbons (Fsp3) is 0.429. The van der Waals surface area contributed by atoms with Crippen LogP contribution < -0.4 is 5.32 Å². The summed E-state index contributed by atoms with van der Waals surface area (Å²) in [6.45, 7) is 1.91. The molecule has 1 fully saturated rings. The predicted octanol–water partition coefficient (Wildman–Crippen LogP) is 1.69. The van der Waals surface area contributed by atoms with Crippen LogP contribution in [0.1, 0.15) is 18.4 Å². The Labute approximate surface area is 112 Å². The van der Waals surface area contributed by atoms with Gasteiger partial charge in [-0.1, -0.05) is 0 Å². The second kappa shape index (κ2) is 6.88. The van der Waals surface area contributed by atoms with Crippen LogP contribution in [0.5, 0.6) is 0 Å². The molecule has 0 spiro atoms. The molecule has 2 rings (SSSR count). The number of carbonyl (C=O) groups excluding carboxylic acids is 1. The summed E-state index contributed by atoms with van der Waals surface area (Å²) >= 11 is 0. The molecule has 1 saturated heterocycles. The summed E-state index contributed by atoms with van der Waals surface area (Å²) in [6, 6.07) is 8.83. The van der Waals surface area contributed by atoms with Gasteiger partial charge in [0.15, 0.2) is 0 Å². The summed E-state index contributed by atoms with van der Waals surface area (Å²) in [6.07, 6.45) is 1.33. The Hall–Kier alpha value is -1.90. The van der Waals surface area contributed by atoms with E-state index in [9.17, 15) is 4.79 Å². The number of rotatable bonds is 6. The van der Waals surface area contributed by atoms with E-state index in [0.29, 0.717) is 43.9 Å². The van der Waals surface area contributed by atoms with Crippen molar-refractivity contribution in [3.8, 4) is 6.07 Å². The highest BCUT2D eigenvalue weighted by Gasteiger charge is 2.18. The van der Waals surface area contributed by atoms with Crippen molar-refractivity contribution >= 4 is 11.6 Å². The minimum atomic E-state index is -0.0434. The summed E-state index contributed by atoms with van der Waals surface area (Å²) in [5.41, 5.74) is 1.28. The second-order valence-corrected chi connectivity index (χ2v) is 4.37. The van der Waals surface area contributed by atoms with Gasteiger partial charge in [-0.25, -0.2) is 0 Å². The maximum Gasteiger partial charge on any atom is 0.224 e. The van der Waals surface area contributed by atoms with E-state index in [1.165, 1.54) is 0 Å². The third-order valence-corrected chi connectivity index (χ3v) is 2.81. The predicted molar refractivity (Wildman–Crippen MR) is 69.6 cm³/mol. The monoisotopic (exact) mass is 260 g/mol. The van der Waals surface area contributed by atoms with Gasteiger partial charge >= 0.3 is 0 Å². The number of hydrogen-bond donors (Lipinski definition) is 1. The van der Waals surface area contributed by atoms with Gasteiger partial charge in [-0.2, -0.15) is 5.26 Å². The molecule has 1 heterocycles. The average Bonchev–Trinajstić information content (AvgIpc) is 2.37. The molecule has 19 heavy (non-hydrogen) atoms. The Kier molecular flexibility index (Phi) is 4.90. The lowest BCUT2D eigenvalue weighted by molar-refractivity contribution is -0.131. The van der Waals surface area contributed by atoms with Crippen LogP contribution in [0.3, 0.4) is 0 Å². The van der Waals surface area contributed by atoms with E-state index in [2.05, 4.69) is 5.32 Å². The Morgan fingerprint density at radius 3 is 2.74 bits per heavy atom. The first-order chi connectivity index (χ1) is 9.28. The van der Waals surface area contributed by atoms with Crippen LogP contribution in [0.2, 0.25) is 0 Å². The van der Waals surface area contributed by atoms with E-state index in [4.69, 9.17) is 14.7 Å². The second-order valence-electron chi connectivity index (χ2n) is 4.37. The normalized spacial score (nSPS) is 14.5. The van der Waals surface area contributed by atoms with E-state index in [-0.39, 0.29) is 12.0 Å². The molecule has 1 aliphatic heterocycles. The number of benzene rings is 1. The van der Waals surface area contributed by atoms with Crippen LogP contribution in [-0.4, -0.2) is 31.8 Å². The maximum atomic E-state index is 11.6. The zero-order chi connectivity index (χ0) is 13.5. The van der Waals surface area contributed by atoms with Crippen molar-refractivity contribution in [1.29, 1.82) is 5.26 Å². The third kappa shape index (κ3) is 4.36. The van der Waals surface area contributed by atoms with Gasteiger partial charge in [0.05, 0.1) is 24.8 Å². The summed E-state index contributed by atoms with van der Waals surface area (Å²) in [5.74, 6) is -0.0434. The van der Waals surface area contributed by atoms with Crippen molar-refractivity contribution in [2.24, 2.45) is 0 Å². The SMILES string of the molecule is N#Cc1ccc(NC(=O)CCCOC2COC2)cc1. The Morgan fingerprint density at radius 1 is 1.42 bits per heavy atom. The van der Waals surface area contributed by atoms with Crippen molar-refractivity contribution in [2.45, 2.75) is 18.9 Å². The first-order valence-electron chi connectivity index (χ1n) is 6.27. The third-order valence-electron chi connectivity index (χ3n) is 2.81. The molecule has 1 aliphatic rings. The van der Waals surface area contributed by atoms with Gasteiger partial charge < -0.3 is 14.8 Å². The molecule has 0 radical (unpaired) electrons. The molecule has 100 valence electrons. The van der Waals surface area contributed by atoms with E-state index < -0.39 is 0 Å². The van der Waals surface area contributed by atoms with Gasteiger partial charge in [-0.3, -0.25) is 4.79 Å². The van der Waals surface area contributed by atoms with Gasteiger partial charge in [0.2, 0.25) is 5.91 Å². The van der Waals surface area contributed by atoms with Gasteiger partial charge in [0.1, 0.15) is 6.10 Å². The molecule has 0 atom stereocenters. The molecule has 0 aliphatic carbocycles. The molecule has 1 N–H and O–H groups in total. The molecule has 5 nitrogen and oxygen atoms in total. The molecule has 1 aromatic rings. The molecule has 0 bridgehead atoms. The van der Waals surface area contributed by atoms with Gasteiger partial charge in [-0.15, -0.1) is 0 Å². The highest BCUT2D eigenvalue weighted by molar-refractivity contribution is 5.90. The Balaban J connectivity index is 1.64. The van der Waals surface area contributed by atoms with Crippen LogP contribution in [0.25, 0.3) is 0 Å². The van der Waals surface area contributed by atoms with Gasteiger partial charge in [0.25, 0.3) is 0 Å². The van der Waals surface area contributed by atoms with E-state index in [1.807, 2.05) is 6.07 Å². The van der Waals surface area contributed by atoms with Crippen LogP contribution in [0, 0.1) is 11.3 Å². The summed E-state index contributed by atoms with van der Waals surface area (Å²) < 4.78 is 10.5. The maximum absolute atomic E-state index is 11.6. The lowest BCUT2D eigenvalue weighted by atomic mass is 10.2. The first kappa shape index (κ1) is 13.5. The summed E-state index contributed by atoms with van der Waals surface area (Å²) in [5, 5.41) is 11.4. The van der Waals surface area contributed by atoms with E-state index >= 15 is 0 Å². The molecule has 5 heteroatoms. The quantitative estimate of drug-likeness (QED) is 0.790. The average molecular weight is 260 g/mol. The van der Waals surface area contributed by atoms with E-state index in [1.54, 1.807) is 24.3 Å². The van der Waals surface area contributed by atoms with Crippen LogP contribution in [0.15, 0.2) is 24.3 Å². The van der Waals surface area contributed by atoms with E-state index in [0.717, 1.165) is 0 Å². The minimum absolute atomic E-state index is 0.0434. The van der Waals surface area contributed by atoms with Crippen molar-refractivity contribution < 1.29 is 14.3 Å². The topological polar surface area (TPSA) is 71.4 Å². The highest BCUT2D eigenvalue weighted by atomic mass is 16.6. The molecule has 1 amide bonds. The zero-order valence-electron chi connectivity index (χ0n) is 10.6. The van der Waals surface area contributed by atoms with Crippen molar-refractivity contribution in [3.05, 3.63) is 29.8 Å². The molecule has 0 saturated carbocycles. The minimum Gasteiger partial charge on any atom is -0.376 e. The van der Waals surface area contributed by atoms with Crippen molar-refractivity contribution in [1.82, 2.24) is 0 Å². The largest absolute Gasteiger partial charge is 0.376 e. The fourth-order valence-electron chi connectivity index (χ4n) is 1.64. The number of hydrogen-bond acceptors (Lipinski definition) is 4. The van der Waals surface area contributed by atoms with Gasteiger partial charge in [-0.05, 0) is 30.7 Å². The smallest absolute Gasteiger partial charge is 0.224 e. The highest BCUT2D eigenvalue weighted by Crippen LogP contribution is 2.10. The number of anilines is 1. The standard InChI is InChI=1S/C14H16N2O3/c15-8-11-3-5-12(6-4-11)16-14(17)2-1-7-19-13-9-18-10-13/h3-6,13H,1-2,7,9-10H2,(H,16,17). The number of nitrogens with zero attached hydrogens (tertiary/aromatic N) is 1. The summed E-state index contributed by atoms with van der Waals surface area (Å²) in [4.78, 5) is 11.6. The number of amides is 1. The molecular weight excluding hydrogens is 244 g/mol. The number of carbonyl (C=O) groups is 1. The number of ether oxygens (including phenoxy) is 2. The zero-order valence-corrected chi connectivity index (χ0v) is 10.6. The lowest BCUT2D eigenvalue weighted by Gasteiger charge is -2.25. The fourth-order valence-corrected chi connectivity index (χ4v) is 1.64. The molecule has 0 aromatic heterocycles. The number of nitrogens with one attached hydrogen (secondary N) is 1. The van der Waals surface area contributed by atoms with Crippen LogP contribution in [0.4, 0.5) is 5.69 Å². The van der Waals surface area contributed by atoms with Gasteiger partial charge in [0, 0.05) is 18.7 Å². The molecule has 0 unspecified atom stereocenters. The molecular formula is C14H16N2O3. The van der Waals surface area contributed by atoms with Crippen molar-refractivity contribution in [2.75, 3.05) is 25.1 Å². The Bertz CT molecular complexity index is 461. The van der Waals surface area contributed by atoms with Crippen molar-refractivity contribution in [3.63, 3.8) is 0 Å². The lowest BCUT2D eigenvalue weighted by Crippen LogP contribution is -2.36. The first-order valence-corrected chi connectivity index (χ1v) is 6.27. The summed E-state index contributed by atoms with van der Waals surface area (Å²) in [7, 11) is 0.